The predicted octanol–water partition coefficient (Wildman–Crippen LogP) is 2.28. The fourth-order valence-corrected chi connectivity index (χ4v) is 2.24. The fraction of sp³-hybridized carbons (Fsp3) is 0.583. The van der Waals surface area contributed by atoms with E-state index in [1.807, 2.05) is 20.8 Å². The first-order chi connectivity index (χ1) is 9.11. The lowest BCUT2D eigenvalue weighted by molar-refractivity contribution is -0.140. The second-order valence-corrected chi connectivity index (χ2v) is 6.14. The van der Waals surface area contributed by atoms with E-state index in [-0.39, 0.29) is 11.1 Å². The van der Waals surface area contributed by atoms with Crippen LogP contribution in [0.15, 0.2) is 5.38 Å². The van der Waals surface area contributed by atoms with Crippen molar-refractivity contribution in [3.05, 3.63) is 16.1 Å². The average Bonchev–Trinajstić information content (AvgIpc) is 2.75. The Morgan fingerprint density at radius 2 is 2.05 bits per heavy atom. The van der Waals surface area contributed by atoms with Crippen LogP contribution in [0.4, 0.5) is 8.78 Å². The van der Waals surface area contributed by atoms with E-state index in [2.05, 4.69) is 10.3 Å². The number of hydrogen-bond acceptors (Lipinski definition) is 4. The van der Waals surface area contributed by atoms with Crippen molar-refractivity contribution < 1.29 is 23.5 Å². The van der Waals surface area contributed by atoms with Crippen LogP contribution in [0.25, 0.3) is 0 Å². The standard InChI is InChI=1S/C12H16F2N2O3S/c1-12(2,3)11-16-7(5-20-11)9(17)15-6(10(18)19)4-8(13)14/h5-6,8H,4H2,1-3H3,(H,15,17)(H,18,19). The summed E-state index contributed by atoms with van der Waals surface area (Å²) < 4.78 is 24.5. The van der Waals surface area contributed by atoms with Gasteiger partial charge in [-0.3, -0.25) is 4.79 Å². The van der Waals surface area contributed by atoms with Crippen molar-refractivity contribution in [3.8, 4) is 0 Å². The minimum atomic E-state index is -2.81. The molecule has 0 radical (unpaired) electrons. The highest BCUT2D eigenvalue weighted by atomic mass is 32.1. The van der Waals surface area contributed by atoms with Crippen molar-refractivity contribution in [2.75, 3.05) is 0 Å². The molecule has 2 N–H and O–H groups in total. The molecule has 0 aliphatic heterocycles. The first-order valence-electron chi connectivity index (χ1n) is 5.89. The van der Waals surface area contributed by atoms with Crippen molar-refractivity contribution in [2.45, 2.75) is 45.1 Å². The molecule has 0 saturated heterocycles. The van der Waals surface area contributed by atoms with Crippen LogP contribution in [-0.4, -0.2) is 34.4 Å². The molecule has 1 atom stereocenters. The van der Waals surface area contributed by atoms with Crippen molar-refractivity contribution in [2.24, 2.45) is 0 Å². The van der Waals surface area contributed by atoms with E-state index in [0.717, 1.165) is 0 Å². The summed E-state index contributed by atoms with van der Waals surface area (Å²) in [5, 5.41) is 13.0. The topological polar surface area (TPSA) is 79.3 Å². The molecule has 0 saturated carbocycles. The third kappa shape index (κ3) is 4.52. The molecular formula is C12H16F2N2O3S. The third-order valence-corrected chi connectivity index (χ3v) is 3.66. The molecular weight excluding hydrogens is 290 g/mol. The number of carbonyl (C=O) groups is 2. The minimum Gasteiger partial charge on any atom is -0.480 e. The molecule has 0 aliphatic carbocycles. The van der Waals surface area contributed by atoms with Gasteiger partial charge in [-0.2, -0.15) is 0 Å². The van der Waals surface area contributed by atoms with Gasteiger partial charge >= 0.3 is 5.97 Å². The summed E-state index contributed by atoms with van der Waals surface area (Å²) in [6.45, 7) is 5.76. The minimum absolute atomic E-state index is 0.0421. The van der Waals surface area contributed by atoms with Gasteiger partial charge in [-0.25, -0.2) is 18.6 Å². The number of carboxylic acid groups (broad SMARTS) is 1. The maximum Gasteiger partial charge on any atom is 0.326 e. The van der Waals surface area contributed by atoms with Crippen LogP contribution in [-0.2, 0) is 10.2 Å². The second kappa shape index (κ2) is 6.25. The van der Waals surface area contributed by atoms with Crippen molar-refractivity contribution in [1.29, 1.82) is 0 Å². The van der Waals surface area contributed by atoms with Gasteiger partial charge in [0.2, 0.25) is 6.43 Å². The van der Waals surface area contributed by atoms with Crippen LogP contribution in [0.2, 0.25) is 0 Å². The molecule has 1 unspecified atom stereocenters. The average molecular weight is 306 g/mol. The maximum absolute atomic E-state index is 12.2. The number of rotatable bonds is 5. The zero-order chi connectivity index (χ0) is 15.5. The number of nitrogens with zero attached hydrogens (tertiary/aromatic N) is 1. The van der Waals surface area contributed by atoms with Crippen molar-refractivity contribution in [1.82, 2.24) is 10.3 Å². The number of aliphatic carboxylic acids is 1. The molecule has 0 fully saturated rings. The summed E-state index contributed by atoms with van der Waals surface area (Å²) in [6.07, 6.45) is -3.74. The summed E-state index contributed by atoms with van der Waals surface area (Å²) in [5.41, 5.74) is -0.196. The molecule has 1 rings (SSSR count). The molecule has 20 heavy (non-hydrogen) atoms. The quantitative estimate of drug-likeness (QED) is 0.874. The molecule has 0 aromatic carbocycles. The Hall–Kier alpha value is -1.57. The third-order valence-electron chi connectivity index (χ3n) is 2.40. The summed E-state index contributed by atoms with van der Waals surface area (Å²) in [7, 11) is 0. The summed E-state index contributed by atoms with van der Waals surface area (Å²) in [4.78, 5) is 26.7. The van der Waals surface area contributed by atoms with E-state index in [1.165, 1.54) is 16.7 Å². The van der Waals surface area contributed by atoms with Crippen LogP contribution >= 0.6 is 11.3 Å². The Balaban J connectivity index is 2.79. The summed E-state index contributed by atoms with van der Waals surface area (Å²) in [6, 6.07) is -1.62. The lowest BCUT2D eigenvalue weighted by Gasteiger charge is -2.14. The van der Waals surface area contributed by atoms with E-state index in [0.29, 0.717) is 5.01 Å². The SMILES string of the molecule is CC(C)(C)c1nc(C(=O)NC(CC(F)F)C(=O)O)cs1. The van der Waals surface area contributed by atoms with Crippen LogP contribution in [0.5, 0.6) is 0 Å². The van der Waals surface area contributed by atoms with Crippen molar-refractivity contribution in [3.63, 3.8) is 0 Å². The zero-order valence-electron chi connectivity index (χ0n) is 11.3. The van der Waals surface area contributed by atoms with Gasteiger partial charge in [-0.1, -0.05) is 20.8 Å². The van der Waals surface area contributed by atoms with E-state index in [4.69, 9.17) is 5.11 Å². The Kier molecular flexibility index (Phi) is 5.15. The molecule has 0 aliphatic rings. The highest BCUT2D eigenvalue weighted by molar-refractivity contribution is 7.10. The molecule has 0 spiro atoms. The van der Waals surface area contributed by atoms with Gasteiger partial charge < -0.3 is 10.4 Å². The Morgan fingerprint density at radius 1 is 1.45 bits per heavy atom. The monoisotopic (exact) mass is 306 g/mol. The highest BCUT2D eigenvalue weighted by Gasteiger charge is 2.26. The highest BCUT2D eigenvalue weighted by Crippen LogP contribution is 2.25. The summed E-state index contributed by atoms with van der Waals surface area (Å²) >= 11 is 1.27. The zero-order valence-corrected chi connectivity index (χ0v) is 12.1. The Bertz CT molecular complexity index is 497. The molecule has 1 aromatic rings. The normalized spacial score (nSPS) is 13.3. The first-order valence-corrected chi connectivity index (χ1v) is 6.77. The number of halogens is 2. The molecule has 1 aromatic heterocycles. The number of carbonyl (C=O) groups excluding carboxylic acids is 1. The maximum atomic E-state index is 12.2. The molecule has 8 heteroatoms. The van der Waals surface area contributed by atoms with Crippen LogP contribution < -0.4 is 5.32 Å². The van der Waals surface area contributed by atoms with E-state index in [1.54, 1.807) is 0 Å². The van der Waals surface area contributed by atoms with Gasteiger partial charge in [0.05, 0.1) is 5.01 Å². The number of aromatic nitrogens is 1. The molecule has 1 heterocycles. The number of alkyl halides is 2. The summed E-state index contributed by atoms with van der Waals surface area (Å²) in [5.74, 6) is -2.25. The van der Waals surface area contributed by atoms with Crippen LogP contribution in [0.1, 0.15) is 42.7 Å². The smallest absolute Gasteiger partial charge is 0.326 e. The van der Waals surface area contributed by atoms with Gasteiger partial charge in [0, 0.05) is 17.2 Å². The van der Waals surface area contributed by atoms with Gasteiger partial charge in [-0.15, -0.1) is 11.3 Å². The molecule has 0 bridgehead atoms. The van der Waals surface area contributed by atoms with Crippen molar-refractivity contribution >= 4 is 23.2 Å². The number of nitrogens with one attached hydrogen (secondary N) is 1. The van der Waals surface area contributed by atoms with E-state index >= 15 is 0 Å². The second-order valence-electron chi connectivity index (χ2n) is 5.28. The molecule has 5 nitrogen and oxygen atoms in total. The van der Waals surface area contributed by atoms with Gasteiger partial charge in [-0.05, 0) is 0 Å². The largest absolute Gasteiger partial charge is 0.480 e. The van der Waals surface area contributed by atoms with Gasteiger partial charge in [0.1, 0.15) is 11.7 Å². The van der Waals surface area contributed by atoms with Crippen LogP contribution in [0, 0.1) is 0 Å². The lowest BCUT2D eigenvalue weighted by atomic mass is 9.98. The predicted molar refractivity (Wildman–Crippen MR) is 70.3 cm³/mol. The van der Waals surface area contributed by atoms with E-state index < -0.39 is 30.8 Å². The van der Waals surface area contributed by atoms with Crippen LogP contribution in [0.3, 0.4) is 0 Å². The Labute approximate surface area is 119 Å². The fourth-order valence-electron chi connectivity index (χ4n) is 1.35. The first kappa shape index (κ1) is 16.5. The number of amides is 1. The number of thiazole rings is 1. The molecule has 112 valence electrons. The number of hydrogen-bond donors (Lipinski definition) is 2. The van der Waals surface area contributed by atoms with Gasteiger partial charge in [0.25, 0.3) is 5.91 Å². The number of carboxylic acids is 1. The lowest BCUT2D eigenvalue weighted by Crippen LogP contribution is -2.42. The Morgan fingerprint density at radius 3 is 2.45 bits per heavy atom. The van der Waals surface area contributed by atoms with Gasteiger partial charge in [0.15, 0.2) is 0 Å². The van der Waals surface area contributed by atoms with E-state index in [9.17, 15) is 18.4 Å². The molecule has 1 amide bonds.